The van der Waals surface area contributed by atoms with Crippen LogP contribution in [0.3, 0.4) is 0 Å². The first-order valence-electron chi connectivity index (χ1n) is 8.02. The Morgan fingerprint density at radius 1 is 1.05 bits per heavy atom. The van der Waals surface area contributed by atoms with Crippen LogP contribution in [0, 0.1) is 0 Å². The Kier molecular flexibility index (Phi) is 6.89. The van der Waals surface area contributed by atoms with Crippen LogP contribution in [0.5, 0.6) is 0 Å². The third kappa shape index (κ3) is 5.14. The Morgan fingerprint density at radius 2 is 1.80 bits per heavy atom. The molecule has 0 amide bonds. The summed E-state index contributed by atoms with van der Waals surface area (Å²) in [5.41, 5.74) is 2.69. The summed E-state index contributed by atoms with van der Waals surface area (Å²) >= 11 is 0. The monoisotopic (exact) mass is 276 g/mol. The molecule has 1 heterocycles. The van der Waals surface area contributed by atoms with Crippen LogP contribution < -0.4 is 10.2 Å². The van der Waals surface area contributed by atoms with Crippen molar-refractivity contribution in [1.29, 1.82) is 0 Å². The van der Waals surface area contributed by atoms with Crippen LogP contribution in [-0.4, -0.2) is 32.8 Å². The number of hydrogen-bond donors (Lipinski definition) is 1. The first-order valence-corrected chi connectivity index (χ1v) is 8.02. The lowest BCUT2D eigenvalue weighted by Gasteiger charge is -2.28. The van der Waals surface area contributed by atoms with E-state index in [4.69, 9.17) is 4.74 Å². The molecule has 0 unspecified atom stereocenters. The Morgan fingerprint density at radius 3 is 2.50 bits per heavy atom. The molecular formula is C17H28N2O. The fraction of sp³-hybridized carbons (Fsp3) is 0.647. The van der Waals surface area contributed by atoms with Crippen LogP contribution in [-0.2, 0) is 11.3 Å². The van der Waals surface area contributed by atoms with E-state index in [1.165, 1.54) is 36.9 Å². The van der Waals surface area contributed by atoms with Gasteiger partial charge in [0.25, 0.3) is 0 Å². The van der Waals surface area contributed by atoms with E-state index >= 15 is 0 Å². The lowest BCUT2D eigenvalue weighted by molar-refractivity contribution is 0.122. The molecule has 1 aliphatic rings. The summed E-state index contributed by atoms with van der Waals surface area (Å²) < 4.78 is 5.39. The second-order valence-electron chi connectivity index (χ2n) is 5.50. The highest BCUT2D eigenvalue weighted by molar-refractivity contribution is 5.47. The highest BCUT2D eigenvalue weighted by atomic mass is 16.5. The summed E-state index contributed by atoms with van der Waals surface area (Å²) in [5.74, 6) is 0. The van der Waals surface area contributed by atoms with Gasteiger partial charge in [0.05, 0.1) is 13.2 Å². The van der Waals surface area contributed by atoms with Crippen molar-refractivity contribution in [2.24, 2.45) is 0 Å². The van der Waals surface area contributed by atoms with Crippen molar-refractivity contribution in [3.63, 3.8) is 0 Å². The lowest BCUT2D eigenvalue weighted by atomic mass is 10.1. The van der Waals surface area contributed by atoms with Crippen molar-refractivity contribution < 1.29 is 4.74 Å². The van der Waals surface area contributed by atoms with E-state index in [0.717, 1.165) is 39.4 Å². The van der Waals surface area contributed by atoms with Crippen LogP contribution >= 0.6 is 0 Å². The molecule has 0 radical (unpaired) electrons. The van der Waals surface area contributed by atoms with E-state index < -0.39 is 0 Å². The first-order chi connectivity index (χ1) is 9.90. The third-order valence-corrected chi connectivity index (χ3v) is 3.85. The predicted octanol–water partition coefficient (Wildman–Crippen LogP) is 3.19. The molecule has 1 aromatic rings. The van der Waals surface area contributed by atoms with Crippen molar-refractivity contribution in [2.75, 3.05) is 37.7 Å². The molecule has 0 aliphatic carbocycles. The zero-order valence-electron chi connectivity index (χ0n) is 12.7. The number of ether oxygens (including phenoxy) is 1. The molecule has 112 valence electrons. The minimum Gasteiger partial charge on any atom is -0.378 e. The normalized spacial score (nSPS) is 15.6. The summed E-state index contributed by atoms with van der Waals surface area (Å²) in [6, 6.07) is 8.95. The Labute approximate surface area is 123 Å². The average Bonchev–Trinajstić information content (AvgIpc) is 2.52. The smallest absolute Gasteiger partial charge is 0.0642 e. The minimum atomic E-state index is 0.848. The van der Waals surface area contributed by atoms with Gasteiger partial charge in [-0.15, -0.1) is 0 Å². The Hall–Kier alpha value is -1.06. The van der Waals surface area contributed by atoms with Crippen molar-refractivity contribution in [1.82, 2.24) is 5.32 Å². The van der Waals surface area contributed by atoms with Gasteiger partial charge in [0.1, 0.15) is 0 Å². The molecule has 1 aliphatic heterocycles. The SMILES string of the molecule is CCCCCCNCc1ccc(N2CCOCC2)cc1. The maximum Gasteiger partial charge on any atom is 0.0642 e. The summed E-state index contributed by atoms with van der Waals surface area (Å²) in [5, 5.41) is 3.53. The van der Waals surface area contributed by atoms with Crippen LogP contribution in [0.1, 0.15) is 38.2 Å². The van der Waals surface area contributed by atoms with Gasteiger partial charge in [-0.05, 0) is 30.7 Å². The van der Waals surface area contributed by atoms with Crippen molar-refractivity contribution >= 4 is 5.69 Å². The van der Waals surface area contributed by atoms with Crippen LogP contribution in [0.15, 0.2) is 24.3 Å². The van der Waals surface area contributed by atoms with Gasteiger partial charge in [0, 0.05) is 25.3 Å². The topological polar surface area (TPSA) is 24.5 Å². The van der Waals surface area contributed by atoms with Crippen molar-refractivity contribution in [2.45, 2.75) is 39.2 Å². The molecule has 1 N–H and O–H groups in total. The molecule has 0 atom stereocenters. The zero-order chi connectivity index (χ0) is 14.0. The molecule has 3 nitrogen and oxygen atoms in total. The molecule has 0 spiro atoms. The van der Waals surface area contributed by atoms with Crippen LogP contribution in [0.2, 0.25) is 0 Å². The van der Waals surface area contributed by atoms with Crippen LogP contribution in [0.25, 0.3) is 0 Å². The van der Waals surface area contributed by atoms with E-state index in [0.29, 0.717) is 0 Å². The Bertz CT molecular complexity index is 358. The average molecular weight is 276 g/mol. The van der Waals surface area contributed by atoms with Gasteiger partial charge < -0.3 is 15.0 Å². The number of benzene rings is 1. The van der Waals surface area contributed by atoms with Gasteiger partial charge >= 0.3 is 0 Å². The molecule has 20 heavy (non-hydrogen) atoms. The minimum absolute atomic E-state index is 0.848. The maximum absolute atomic E-state index is 5.39. The number of nitrogens with one attached hydrogen (secondary N) is 1. The number of hydrogen-bond acceptors (Lipinski definition) is 3. The maximum atomic E-state index is 5.39. The molecule has 1 aromatic carbocycles. The molecular weight excluding hydrogens is 248 g/mol. The predicted molar refractivity (Wildman–Crippen MR) is 85.3 cm³/mol. The molecule has 0 saturated carbocycles. The van der Waals surface area contributed by atoms with E-state index in [2.05, 4.69) is 41.4 Å². The number of unbranched alkanes of at least 4 members (excludes halogenated alkanes) is 3. The van der Waals surface area contributed by atoms with E-state index in [1.54, 1.807) is 0 Å². The van der Waals surface area contributed by atoms with Gasteiger partial charge in [-0.2, -0.15) is 0 Å². The van der Waals surface area contributed by atoms with Crippen LogP contribution in [0.4, 0.5) is 5.69 Å². The third-order valence-electron chi connectivity index (χ3n) is 3.85. The van der Waals surface area contributed by atoms with Crippen molar-refractivity contribution in [3.05, 3.63) is 29.8 Å². The first kappa shape index (κ1) is 15.3. The highest BCUT2D eigenvalue weighted by Crippen LogP contribution is 2.16. The summed E-state index contributed by atoms with van der Waals surface area (Å²) in [7, 11) is 0. The van der Waals surface area contributed by atoms with E-state index in [-0.39, 0.29) is 0 Å². The van der Waals surface area contributed by atoms with Gasteiger partial charge in [-0.25, -0.2) is 0 Å². The highest BCUT2D eigenvalue weighted by Gasteiger charge is 2.10. The standard InChI is InChI=1S/C17H28N2O/c1-2-3-4-5-10-18-15-16-6-8-17(9-7-16)19-11-13-20-14-12-19/h6-9,18H,2-5,10-15H2,1H3. The van der Waals surface area contributed by atoms with E-state index in [1.807, 2.05) is 0 Å². The summed E-state index contributed by atoms with van der Waals surface area (Å²) in [6.07, 6.45) is 5.30. The summed E-state index contributed by atoms with van der Waals surface area (Å²) in [6.45, 7) is 8.08. The fourth-order valence-corrected chi connectivity index (χ4v) is 2.56. The largest absolute Gasteiger partial charge is 0.378 e. The van der Waals surface area contributed by atoms with E-state index in [9.17, 15) is 0 Å². The molecule has 0 aromatic heterocycles. The number of nitrogens with zero attached hydrogens (tertiary/aromatic N) is 1. The zero-order valence-corrected chi connectivity index (χ0v) is 12.7. The lowest BCUT2D eigenvalue weighted by Crippen LogP contribution is -2.36. The fourth-order valence-electron chi connectivity index (χ4n) is 2.56. The summed E-state index contributed by atoms with van der Waals surface area (Å²) in [4.78, 5) is 2.39. The van der Waals surface area contributed by atoms with Gasteiger partial charge in [-0.1, -0.05) is 38.3 Å². The number of morpholine rings is 1. The number of rotatable bonds is 8. The van der Waals surface area contributed by atoms with Gasteiger partial charge in [0.2, 0.25) is 0 Å². The molecule has 3 heteroatoms. The Balaban J connectivity index is 1.68. The molecule has 0 bridgehead atoms. The van der Waals surface area contributed by atoms with Crippen molar-refractivity contribution in [3.8, 4) is 0 Å². The molecule has 1 saturated heterocycles. The second kappa shape index (κ2) is 8.98. The molecule has 2 rings (SSSR count). The molecule has 1 fully saturated rings. The number of anilines is 1. The second-order valence-corrected chi connectivity index (χ2v) is 5.50. The quantitative estimate of drug-likeness (QED) is 0.738. The van der Waals surface area contributed by atoms with Gasteiger partial charge in [-0.3, -0.25) is 0 Å². The van der Waals surface area contributed by atoms with Gasteiger partial charge in [0.15, 0.2) is 0 Å².